The molecule has 0 amide bonds. The molecule has 2 N–H and O–H groups in total. The number of aromatic nitrogens is 1. The lowest BCUT2D eigenvalue weighted by Crippen LogP contribution is -2.09. The zero-order chi connectivity index (χ0) is 14.0. The molecule has 96 valence electrons. The lowest BCUT2D eigenvalue weighted by atomic mass is 10.1. The largest absolute Gasteiger partial charge is 0.478 e. The molecule has 1 aromatic heterocycles. The quantitative estimate of drug-likeness (QED) is 0.493. The van der Waals surface area contributed by atoms with E-state index >= 15 is 0 Å². The van der Waals surface area contributed by atoms with E-state index < -0.39 is 22.0 Å². The fourth-order valence-corrected chi connectivity index (χ4v) is 1.63. The maximum Gasteiger partial charge on any atom is 0.332 e. The monoisotopic (exact) mass is 260 g/mol. The Bertz CT molecular complexity index is 760. The van der Waals surface area contributed by atoms with Crippen molar-refractivity contribution >= 4 is 28.6 Å². The van der Waals surface area contributed by atoms with Gasteiger partial charge in [-0.3, -0.25) is 14.9 Å². The average Bonchev–Trinajstić information content (AvgIpc) is 2.36. The standard InChI is InChI=1S/C12H8N2O5/c15-11(16)4-2-7-1-3-9-8(5-7)12(17)10(6-13-9)14(18)19/h1-6H,(H,13,17)(H,15,16). The Kier molecular flexibility index (Phi) is 3.11. The molecule has 1 heterocycles. The molecule has 0 aliphatic rings. The molecule has 0 saturated heterocycles. The van der Waals surface area contributed by atoms with Crippen LogP contribution in [0, 0.1) is 10.1 Å². The Labute approximate surface area is 106 Å². The first kappa shape index (κ1) is 12.5. The van der Waals surface area contributed by atoms with Crippen LogP contribution in [0.3, 0.4) is 0 Å². The number of aromatic amines is 1. The number of carboxylic acid groups (broad SMARTS) is 1. The lowest BCUT2D eigenvalue weighted by molar-refractivity contribution is -0.386. The molecule has 7 nitrogen and oxygen atoms in total. The minimum atomic E-state index is -1.12. The fourth-order valence-electron chi connectivity index (χ4n) is 1.63. The van der Waals surface area contributed by atoms with Crippen LogP contribution in [0.15, 0.2) is 35.3 Å². The molecule has 0 bridgehead atoms. The molecule has 2 rings (SSSR count). The molecular weight excluding hydrogens is 252 g/mol. The summed E-state index contributed by atoms with van der Waals surface area (Å²) in [5.41, 5.74) is -0.333. The Morgan fingerprint density at radius 3 is 2.79 bits per heavy atom. The van der Waals surface area contributed by atoms with E-state index in [9.17, 15) is 19.7 Å². The summed E-state index contributed by atoms with van der Waals surface area (Å²) in [6.45, 7) is 0. The molecular formula is C12H8N2O5. The van der Waals surface area contributed by atoms with Crippen LogP contribution in [-0.2, 0) is 4.79 Å². The van der Waals surface area contributed by atoms with Gasteiger partial charge in [0.1, 0.15) is 0 Å². The number of nitro groups is 1. The molecule has 19 heavy (non-hydrogen) atoms. The van der Waals surface area contributed by atoms with Gasteiger partial charge in [-0.05, 0) is 23.8 Å². The first-order chi connectivity index (χ1) is 8.99. The summed E-state index contributed by atoms with van der Waals surface area (Å²) in [6.07, 6.45) is 3.27. The molecule has 0 aliphatic heterocycles. The van der Waals surface area contributed by atoms with E-state index in [-0.39, 0.29) is 5.39 Å². The summed E-state index contributed by atoms with van der Waals surface area (Å²) >= 11 is 0. The molecule has 0 aliphatic carbocycles. The van der Waals surface area contributed by atoms with E-state index in [4.69, 9.17) is 5.11 Å². The highest BCUT2D eigenvalue weighted by Crippen LogP contribution is 2.14. The second-order valence-electron chi connectivity index (χ2n) is 3.74. The van der Waals surface area contributed by atoms with Crippen molar-refractivity contribution in [2.24, 2.45) is 0 Å². The second-order valence-corrected chi connectivity index (χ2v) is 3.74. The number of H-pyrrole nitrogens is 1. The van der Waals surface area contributed by atoms with Crippen LogP contribution >= 0.6 is 0 Å². The molecule has 0 atom stereocenters. The minimum Gasteiger partial charge on any atom is -0.478 e. The lowest BCUT2D eigenvalue weighted by Gasteiger charge is -1.99. The first-order valence-electron chi connectivity index (χ1n) is 5.20. The van der Waals surface area contributed by atoms with Gasteiger partial charge in [0, 0.05) is 11.6 Å². The van der Waals surface area contributed by atoms with Gasteiger partial charge < -0.3 is 10.1 Å². The van der Waals surface area contributed by atoms with Crippen LogP contribution in [0.5, 0.6) is 0 Å². The van der Waals surface area contributed by atoms with Crippen molar-refractivity contribution in [1.82, 2.24) is 4.98 Å². The van der Waals surface area contributed by atoms with E-state index in [1.807, 2.05) is 0 Å². The first-order valence-corrected chi connectivity index (χ1v) is 5.20. The van der Waals surface area contributed by atoms with Crippen molar-refractivity contribution in [3.63, 3.8) is 0 Å². The molecule has 2 aromatic rings. The number of carbonyl (C=O) groups is 1. The van der Waals surface area contributed by atoms with Gasteiger partial charge >= 0.3 is 11.7 Å². The summed E-state index contributed by atoms with van der Waals surface area (Å²) in [6, 6.07) is 4.56. The molecule has 0 radical (unpaired) electrons. The SMILES string of the molecule is O=C(O)C=Cc1ccc2[nH]cc([N+](=O)[O-])c(=O)c2c1. The normalized spacial score (nSPS) is 10.9. The minimum absolute atomic E-state index is 0.140. The van der Waals surface area contributed by atoms with E-state index in [0.29, 0.717) is 11.1 Å². The van der Waals surface area contributed by atoms with Crippen LogP contribution in [0.1, 0.15) is 5.56 Å². The number of nitrogens with zero attached hydrogens (tertiary/aromatic N) is 1. The highest BCUT2D eigenvalue weighted by Gasteiger charge is 2.14. The second kappa shape index (κ2) is 4.73. The van der Waals surface area contributed by atoms with Gasteiger partial charge in [0.25, 0.3) is 5.43 Å². The maximum atomic E-state index is 11.9. The van der Waals surface area contributed by atoms with E-state index in [1.54, 1.807) is 12.1 Å². The number of carboxylic acids is 1. The van der Waals surface area contributed by atoms with E-state index in [0.717, 1.165) is 12.3 Å². The summed E-state index contributed by atoms with van der Waals surface area (Å²) in [5.74, 6) is -1.12. The van der Waals surface area contributed by atoms with Crippen molar-refractivity contribution in [2.45, 2.75) is 0 Å². The number of aliphatic carboxylic acids is 1. The van der Waals surface area contributed by atoms with Gasteiger partial charge in [0.15, 0.2) is 0 Å². The zero-order valence-electron chi connectivity index (χ0n) is 9.49. The molecule has 1 aromatic carbocycles. The number of hydrogen-bond acceptors (Lipinski definition) is 4. The van der Waals surface area contributed by atoms with Gasteiger partial charge in [-0.2, -0.15) is 0 Å². The Balaban J connectivity index is 2.64. The third kappa shape index (κ3) is 2.49. The van der Waals surface area contributed by atoms with Crippen LogP contribution in [0.25, 0.3) is 17.0 Å². The van der Waals surface area contributed by atoms with Crippen molar-refractivity contribution in [3.05, 3.63) is 56.4 Å². The topological polar surface area (TPSA) is 113 Å². The third-order valence-electron chi connectivity index (χ3n) is 2.50. The predicted molar refractivity (Wildman–Crippen MR) is 67.9 cm³/mol. The van der Waals surface area contributed by atoms with E-state index in [2.05, 4.69) is 4.98 Å². The molecule has 7 heteroatoms. The zero-order valence-corrected chi connectivity index (χ0v) is 9.49. The summed E-state index contributed by atoms with van der Waals surface area (Å²) < 4.78 is 0. The van der Waals surface area contributed by atoms with Gasteiger partial charge in [0.05, 0.1) is 16.5 Å². The smallest absolute Gasteiger partial charge is 0.332 e. The number of benzene rings is 1. The maximum absolute atomic E-state index is 11.9. The highest BCUT2D eigenvalue weighted by atomic mass is 16.6. The summed E-state index contributed by atoms with van der Waals surface area (Å²) in [7, 11) is 0. The van der Waals surface area contributed by atoms with Crippen LogP contribution < -0.4 is 5.43 Å². The average molecular weight is 260 g/mol. The molecule has 0 fully saturated rings. The molecule has 0 spiro atoms. The van der Waals surface area contributed by atoms with Gasteiger partial charge in [0.2, 0.25) is 0 Å². The number of pyridine rings is 1. The highest BCUT2D eigenvalue weighted by molar-refractivity contribution is 5.87. The molecule has 0 saturated carbocycles. The van der Waals surface area contributed by atoms with Crippen LogP contribution in [-0.4, -0.2) is 21.0 Å². The van der Waals surface area contributed by atoms with Gasteiger partial charge in [-0.25, -0.2) is 4.79 Å². The van der Waals surface area contributed by atoms with Crippen molar-refractivity contribution in [1.29, 1.82) is 0 Å². The summed E-state index contributed by atoms with van der Waals surface area (Å²) in [4.78, 5) is 34.8. The Hall–Kier alpha value is -2.96. The fraction of sp³-hybridized carbons (Fsp3) is 0. The van der Waals surface area contributed by atoms with Crippen molar-refractivity contribution in [2.75, 3.05) is 0 Å². The van der Waals surface area contributed by atoms with Crippen LogP contribution in [0.4, 0.5) is 5.69 Å². The summed E-state index contributed by atoms with van der Waals surface area (Å²) in [5, 5.41) is 19.3. The Morgan fingerprint density at radius 2 is 2.16 bits per heavy atom. The van der Waals surface area contributed by atoms with Crippen molar-refractivity contribution in [3.8, 4) is 0 Å². The van der Waals surface area contributed by atoms with E-state index in [1.165, 1.54) is 12.1 Å². The van der Waals surface area contributed by atoms with Crippen LogP contribution in [0.2, 0.25) is 0 Å². The number of rotatable bonds is 3. The predicted octanol–water partition coefficient (Wildman–Crippen LogP) is 1.53. The number of nitrogens with one attached hydrogen (secondary N) is 1. The number of hydrogen-bond donors (Lipinski definition) is 2. The van der Waals surface area contributed by atoms with Gasteiger partial charge in [-0.15, -0.1) is 0 Å². The number of fused-ring (bicyclic) bond motifs is 1. The molecule has 0 unspecified atom stereocenters. The third-order valence-corrected chi connectivity index (χ3v) is 2.50. The van der Waals surface area contributed by atoms with Crippen molar-refractivity contribution < 1.29 is 14.8 Å². The van der Waals surface area contributed by atoms with Gasteiger partial charge in [-0.1, -0.05) is 6.07 Å². The Morgan fingerprint density at radius 1 is 1.42 bits per heavy atom.